The number of hydrogen-bond donors (Lipinski definition) is 8. The first-order valence-corrected chi connectivity index (χ1v) is 8.52. The van der Waals surface area contributed by atoms with Crippen molar-refractivity contribution in [2.45, 2.75) is 59.7 Å². The Hall–Kier alpha value is -0.250. The van der Waals surface area contributed by atoms with E-state index in [2.05, 4.69) is 0 Å². The van der Waals surface area contributed by atoms with Crippen molar-refractivity contribution in [2.24, 2.45) is 0 Å². The summed E-state index contributed by atoms with van der Waals surface area (Å²) in [6.45, 7) is -1.46. The van der Waals surface area contributed by atoms with E-state index < -0.39 is 83.7 Å². The fourth-order valence-electron chi connectivity index (χ4n) is 2.65. The van der Waals surface area contributed by atoms with Gasteiger partial charge in [-0.2, -0.15) is 0 Å². The molecule has 2 aliphatic heterocycles. The molecule has 8 N–H and O–H groups in total. The normalized spacial score (nSPS) is 50.2. The highest BCUT2D eigenvalue weighted by atomic mass is 32.2. The molecular formula is C12H22O11S. The lowest BCUT2D eigenvalue weighted by Gasteiger charge is -2.44. The summed E-state index contributed by atoms with van der Waals surface area (Å²) in [5.41, 5.74) is -3.30. The third-order valence-corrected chi connectivity index (χ3v) is 5.85. The van der Waals surface area contributed by atoms with Gasteiger partial charge in [0, 0.05) is 0 Å². The van der Waals surface area contributed by atoms with Crippen LogP contribution in [0.5, 0.6) is 0 Å². The molecular weight excluding hydrogens is 352 g/mol. The first-order chi connectivity index (χ1) is 11.2. The Morgan fingerprint density at radius 2 is 0.958 bits per heavy atom. The zero-order valence-corrected chi connectivity index (χ0v) is 13.2. The van der Waals surface area contributed by atoms with Crippen LogP contribution in [-0.2, 0) is 20.3 Å². The minimum Gasteiger partial charge on any atom is -0.394 e. The predicted octanol–water partition coefficient (Wildman–Crippen LogP) is -5.67. The lowest BCUT2D eigenvalue weighted by Crippen LogP contribution is -2.64. The van der Waals surface area contributed by atoms with Crippen LogP contribution in [0.3, 0.4) is 0 Å². The molecule has 12 heteroatoms. The zero-order chi connectivity index (χ0) is 18.2. The molecule has 0 aliphatic carbocycles. The maximum atomic E-state index is 12.6. The second-order valence-corrected chi connectivity index (χ2v) is 7.31. The van der Waals surface area contributed by atoms with Crippen molar-refractivity contribution in [1.82, 2.24) is 0 Å². The average molecular weight is 374 g/mol. The smallest absolute Gasteiger partial charge is 0.164 e. The van der Waals surface area contributed by atoms with E-state index in [-0.39, 0.29) is 0 Å². The number of rotatable bonds is 4. The van der Waals surface area contributed by atoms with Crippen LogP contribution in [0, 0.1) is 0 Å². The highest BCUT2D eigenvalue weighted by Crippen LogP contribution is 2.30. The van der Waals surface area contributed by atoms with E-state index in [1.165, 1.54) is 0 Å². The monoisotopic (exact) mass is 374 g/mol. The molecule has 2 aliphatic rings. The Morgan fingerprint density at radius 3 is 1.25 bits per heavy atom. The van der Waals surface area contributed by atoms with Gasteiger partial charge in [0.2, 0.25) is 0 Å². The third kappa shape index (κ3) is 3.50. The Bertz CT molecular complexity index is 409. The topological polar surface area (TPSA) is 197 Å². The molecule has 0 spiro atoms. The van der Waals surface area contributed by atoms with Gasteiger partial charge in [-0.3, -0.25) is 4.21 Å². The van der Waals surface area contributed by atoms with Gasteiger partial charge in [-0.25, -0.2) is 0 Å². The molecule has 0 aromatic heterocycles. The van der Waals surface area contributed by atoms with Crippen molar-refractivity contribution in [2.75, 3.05) is 13.2 Å². The fraction of sp³-hybridized carbons (Fsp3) is 1.00. The first-order valence-electron chi connectivity index (χ1n) is 7.25. The van der Waals surface area contributed by atoms with Crippen LogP contribution in [0.25, 0.3) is 0 Å². The summed E-state index contributed by atoms with van der Waals surface area (Å²) in [4.78, 5) is 0. The molecule has 0 radical (unpaired) electrons. The van der Waals surface area contributed by atoms with Crippen LogP contribution in [0.1, 0.15) is 0 Å². The summed E-state index contributed by atoms with van der Waals surface area (Å²) in [7, 11) is -2.38. The second kappa shape index (κ2) is 7.97. The molecule has 10 atom stereocenters. The summed E-state index contributed by atoms with van der Waals surface area (Å²) >= 11 is 0. The van der Waals surface area contributed by atoms with Gasteiger partial charge in [-0.15, -0.1) is 0 Å². The van der Waals surface area contributed by atoms with E-state index in [0.29, 0.717) is 0 Å². The predicted molar refractivity (Wildman–Crippen MR) is 75.7 cm³/mol. The van der Waals surface area contributed by atoms with Gasteiger partial charge in [0.25, 0.3) is 0 Å². The van der Waals surface area contributed by atoms with Crippen molar-refractivity contribution in [3.05, 3.63) is 0 Å². The van der Waals surface area contributed by atoms with E-state index in [0.717, 1.165) is 0 Å². The highest BCUT2D eigenvalue weighted by molar-refractivity contribution is 7.86. The molecule has 0 aromatic carbocycles. The van der Waals surface area contributed by atoms with Crippen molar-refractivity contribution in [3.63, 3.8) is 0 Å². The lowest BCUT2D eigenvalue weighted by atomic mass is 10.0. The Morgan fingerprint density at radius 1 is 0.625 bits per heavy atom. The molecule has 0 unspecified atom stereocenters. The first kappa shape index (κ1) is 20.1. The van der Waals surface area contributed by atoms with Gasteiger partial charge in [-0.05, 0) is 0 Å². The molecule has 0 amide bonds. The molecule has 2 saturated heterocycles. The maximum Gasteiger partial charge on any atom is 0.164 e. The van der Waals surface area contributed by atoms with E-state index in [9.17, 15) is 34.8 Å². The maximum absolute atomic E-state index is 12.6. The van der Waals surface area contributed by atoms with E-state index in [1.807, 2.05) is 0 Å². The van der Waals surface area contributed by atoms with Gasteiger partial charge in [0.15, 0.2) is 10.9 Å². The number of aliphatic hydroxyl groups excluding tert-OH is 8. The quantitative estimate of drug-likeness (QED) is 0.233. The van der Waals surface area contributed by atoms with Gasteiger partial charge >= 0.3 is 0 Å². The molecule has 24 heavy (non-hydrogen) atoms. The molecule has 0 bridgehead atoms. The van der Waals surface area contributed by atoms with Crippen molar-refractivity contribution in [3.8, 4) is 0 Å². The summed E-state index contributed by atoms with van der Waals surface area (Å²) in [6.07, 6.45) is -13.1. The molecule has 142 valence electrons. The van der Waals surface area contributed by atoms with Crippen molar-refractivity contribution >= 4 is 10.8 Å². The van der Waals surface area contributed by atoms with Gasteiger partial charge in [0.1, 0.15) is 48.8 Å². The minimum absolute atomic E-state index is 0.729. The lowest BCUT2D eigenvalue weighted by molar-refractivity contribution is -0.217. The molecule has 11 nitrogen and oxygen atoms in total. The zero-order valence-electron chi connectivity index (χ0n) is 12.4. The van der Waals surface area contributed by atoms with Crippen LogP contribution < -0.4 is 0 Å². The SMILES string of the molecule is O=S([C@H]1O[C@H](CO)[C@@H](O)[C@H](O)[C@H]1O)[C@H]1O[C@H](CO)[C@@H](O)[C@H](O)[C@H]1O. The summed E-state index contributed by atoms with van der Waals surface area (Å²) in [5.74, 6) is 0. The molecule has 2 fully saturated rings. The Balaban J connectivity index is 2.20. The van der Waals surface area contributed by atoms with Gasteiger partial charge < -0.3 is 50.3 Å². The molecule has 2 rings (SSSR count). The summed E-state index contributed by atoms with van der Waals surface area (Å²) in [6, 6.07) is 0. The van der Waals surface area contributed by atoms with Gasteiger partial charge in [-0.1, -0.05) is 0 Å². The van der Waals surface area contributed by atoms with Crippen LogP contribution >= 0.6 is 0 Å². The van der Waals surface area contributed by atoms with E-state index >= 15 is 0 Å². The molecule has 2 heterocycles. The van der Waals surface area contributed by atoms with Crippen LogP contribution in [-0.4, -0.2) is 118 Å². The summed E-state index contributed by atoms with van der Waals surface area (Å²) < 4.78 is 22.8. The summed E-state index contributed by atoms with van der Waals surface area (Å²) in [5, 5.41) is 76.9. The Kier molecular flexibility index (Phi) is 6.66. The number of aliphatic hydroxyl groups is 8. The number of ether oxygens (including phenoxy) is 2. The third-order valence-electron chi connectivity index (χ3n) is 4.15. The van der Waals surface area contributed by atoms with Crippen molar-refractivity contribution in [1.29, 1.82) is 0 Å². The molecule has 0 aromatic rings. The fourth-order valence-corrected chi connectivity index (χ4v) is 4.29. The average Bonchev–Trinajstić information content (AvgIpc) is 2.58. The van der Waals surface area contributed by atoms with Crippen LogP contribution in [0.4, 0.5) is 0 Å². The molecule has 0 saturated carbocycles. The minimum atomic E-state index is -2.38. The Labute approximate surface area is 139 Å². The standard InChI is InChI=1S/C12H22O11S/c13-1-3-5(15)7(17)9(19)11(22-3)24(21)12-10(20)8(18)6(16)4(2-14)23-12/h3-20H,1-2H2/t3-,4-,5-,6-,7+,8+,9-,10-,11-,12-/m1/s1. The van der Waals surface area contributed by atoms with Crippen LogP contribution in [0.15, 0.2) is 0 Å². The second-order valence-electron chi connectivity index (χ2n) is 5.72. The van der Waals surface area contributed by atoms with E-state index in [1.54, 1.807) is 0 Å². The largest absolute Gasteiger partial charge is 0.394 e. The highest BCUT2D eigenvalue weighted by Gasteiger charge is 2.52. The number of hydrogen-bond acceptors (Lipinski definition) is 11. The van der Waals surface area contributed by atoms with Crippen molar-refractivity contribution < 1.29 is 54.5 Å². The van der Waals surface area contributed by atoms with Gasteiger partial charge in [0.05, 0.1) is 24.0 Å². The van der Waals surface area contributed by atoms with E-state index in [4.69, 9.17) is 19.7 Å². The van der Waals surface area contributed by atoms with Crippen LogP contribution in [0.2, 0.25) is 0 Å².